The van der Waals surface area contributed by atoms with Crippen LogP contribution in [0.4, 0.5) is 0 Å². The van der Waals surface area contributed by atoms with E-state index in [1.54, 1.807) is 6.08 Å². The van der Waals surface area contributed by atoms with Crippen molar-refractivity contribution in [3.8, 4) is 5.75 Å². The molecule has 2 fully saturated rings. The predicted octanol–water partition coefficient (Wildman–Crippen LogP) is 3.17. The number of ether oxygens (including phenoxy) is 1. The third kappa shape index (κ3) is 2.72. The van der Waals surface area contributed by atoms with Gasteiger partial charge in [-0.05, 0) is 55.4 Å². The molecule has 0 aliphatic heterocycles. The van der Waals surface area contributed by atoms with Crippen LogP contribution >= 0.6 is 0 Å². The van der Waals surface area contributed by atoms with Gasteiger partial charge in [-0.25, -0.2) is 0 Å². The Bertz CT molecular complexity index is 494. The van der Waals surface area contributed by atoms with Gasteiger partial charge in [-0.15, -0.1) is 0 Å². The molecule has 0 heterocycles. The van der Waals surface area contributed by atoms with E-state index in [2.05, 4.69) is 11.9 Å². The van der Waals surface area contributed by atoms with Crippen LogP contribution in [0.5, 0.6) is 5.75 Å². The van der Waals surface area contributed by atoms with Crippen molar-refractivity contribution in [2.45, 2.75) is 31.7 Å². The number of hydrogen-bond donors (Lipinski definition) is 1. The monoisotopic (exact) mass is 271 g/mol. The Labute approximate surface area is 120 Å². The van der Waals surface area contributed by atoms with Gasteiger partial charge in [0.1, 0.15) is 12.4 Å². The average molecular weight is 271 g/mol. The molecule has 0 unspecified atom stereocenters. The summed E-state index contributed by atoms with van der Waals surface area (Å²) in [5.74, 6) is 2.36. The summed E-state index contributed by atoms with van der Waals surface area (Å²) < 4.78 is 5.41. The van der Waals surface area contributed by atoms with Crippen LogP contribution < -0.4 is 10.1 Å². The van der Waals surface area contributed by atoms with Crippen molar-refractivity contribution in [1.82, 2.24) is 5.32 Å². The number of hydrogen-bond acceptors (Lipinski definition) is 2. The molecule has 3 nitrogen and oxygen atoms in total. The zero-order chi connectivity index (χ0) is 13.9. The lowest BCUT2D eigenvalue weighted by molar-refractivity contribution is 0.0923. The minimum atomic E-state index is 0.0396. The van der Waals surface area contributed by atoms with Crippen LogP contribution in [0.1, 0.15) is 36.0 Å². The van der Waals surface area contributed by atoms with Crippen molar-refractivity contribution < 1.29 is 9.53 Å². The highest BCUT2D eigenvalue weighted by Gasteiger charge is 2.40. The molecule has 1 aromatic carbocycles. The quantitative estimate of drug-likeness (QED) is 0.835. The summed E-state index contributed by atoms with van der Waals surface area (Å²) in [7, 11) is 0. The smallest absolute Gasteiger partial charge is 0.251 e. The topological polar surface area (TPSA) is 38.3 Å². The Morgan fingerprint density at radius 3 is 2.70 bits per heavy atom. The van der Waals surface area contributed by atoms with Crippen molar-refractivity contribution in [3.63, 3.8) is 0 Å². The van der Waals surface area contributed by atoms with Gasteiger partial charge in [0.15, 0.2) is 0 Å². The molecule has 1 aromatic rings. The van der Waals surface area contributed by atoms with Crippen molar-refractivity contribution in [2.24, 2.45) is 11.8 Å². The van der Waals surface area contributed by atoms with E-state index in [-0.39, 0.29) is 5.91 Å². The summed E-state index contributed by atoms with van der Waals surface area (Å²) in [6.07, 6.45) is 6.81. The molecule has 20 heavy (non-hydrogen) atoms. The minimum Gasteiger partial charge on any atom is -0.490 e. The number of carbonyl (C=O) groups excluding carboxylic acids is 1. The fraction of sp³-hybridized carbons (Fsp3) is 0.471. The summed E-state index contributed by atoms with van der Waals surface area (Å²) in [5.41, 5.74) is 0.707. The Morgan fingerprint density at radius 1 is 1.30 bits per heavy atom. The number of benzene rings is 1. The number of rotatable bonds is 5. The molecule has 2 bridgehead atoms. The summed E-state index contributed by atoms with van der Waals surface area (Å²) in [4.78, 5) is 12.2. The van der Waals surface area contributed by atoms with Crippen LogP contribution in [0.25, 0.3) is 0 Å². The van der Waals surface area contributed by atoms with Gasteiger partial charge < -0.3 is 10.1 Å². The maximum atomic E-state index is 12.2. The van der Waals surface area contributed by atoms with Gasteiger partial charge in [0.25, 0.3) is 5.91 Å². The molecule has 2 aliphatic carbocycles. The lowest BCUT2D eigenvalue weighted by atomic mass is 9.95. The van der Waals surface area contributed by atoms with Gasteiger partial charge in [0, 0.05) is 11.6 Å². The highest BCUT2D eigenvalue weighted by molar-refractivity contribution is 5.94. The van der Waals surface area contributed by atoms with E-state index < -0.39 is 0 Å². The largest absolute Gasteiger partial charge is 0.490 e. The minimum absolute atomic E-state index is 0.0396. The standard InChI is InChI=1S/C17H21NO2/c1-2-9-20-15-7-5-13(6-8-15)17(19)18-16-11-12-3-4-14(16)10-12/h2,5-8,12,14,16H,1,3-4,9-11H2,(H,18,19)/t12-,14+,16+/m0/s1. The fourth-order valence-electron chi connectivity index (χ4n) is 3.53. The molecule has 2 saturated carbocycles. The lowest BCUT2D eigenvalue weighted by Gasteiger charge is -2.22. The Balaban J connectivity index is 1.58. The fourth-order valence-corrected chi connectivity index (χ4v) is 3.53. The van der Waals surface area contributed by atoms with Crippen molar-refractivity contribution in [1.29, 1.82) is 0 Å². The van der Waals surface area contributed by atoms with E-state index in [1.165, 1.54) is 19.3 Å². The van der Waals surface area contributed by atoms with Crippen LogP contribution in [-0.2, 0) is 0 Å². The molecule has 1 amide bonds. The first-order chi connectivity index (χ1) is 9.76. The summed E-state index contributed by atoms with van der Waals surface area (Å²) in [6.45, 7) is 4.09. The van der Waals surface area contributed by atoms with Gasteiger partial charge in [0.05, 0.1) is 0 Å². The van der Waals surface area contributed by atoms with E-state index in [1.807, 2.05) is 24.3 Å². The average Bonchev–Trinajstić information content (AvgIpc) is 3.08. The number of carbonyl (C=O) groups is 1. The number of amides is 1. The maximum absolute atomic E-state index is 12.2. The van der Waals surface area contributed by atoms with Crippen LogP contribution in [-0.4, -0.2) is 18.6 Å². The van der Waals surface area contributed by atoms with E-state index in [4.69, 9.17) is 4.74 Å². The van der Waals surface area contributed by atoms with E-state index in [0.717, 1.165) is 18.1 Å². The molecule has 0 saturated heterocycles. The van der Waals surface area contributed by atoms with Gasteiger partial charge in [0.2, 0.25) is 0 Å². The second-order valence-corrected chi connectivity index (χ2v) is 5.88. The van der Waals surface area contributed by atoms with E-state index in [0.29, 0.717) is 24.1 Å². The first-order valence-corrected chi connectivity index (χ1v) is 7.41. The van der Waals surface area contributed by atoms with Gasteiger partial charge in [-0.2, -0.15) is 0 Å². The summed E-state index contributed by atoms with van der Waals surface area (Å²) >= 11 is 0. The molecule has 106 valence electrons. The molecule has 3 atom stereocenters. The molecule has 3 heteroatoms. The van der Waals surface area contributed by atoms with Crippen molar-refractivity contribution in [3.05, 3.63) is 42.5 Å². The van der Waals surface area contributed by atoms with Gasteiger partial charge >= 0.3 is 0 Å². The van der Waals surface area contributed by atoms with Crippen molar-refractivity contribution >= 4 is 5.91 Å². The normalized spacial score (nSPS) is 27.3. The zero-order valence-corrected chi connectivity index (χ0v) is 11.7. The molecular weight excluding hydrogens is 250 g/mol. The summed E-state index contributed by atoms with van der Waals surface area (Å²) in [6, 6.07) is 7.69. The number of fused-ring (bicyclic) bond motifs is 2. The predicted molar refractivity (Wildman–Crippen MR) is 78.8 cm³/mol. The van der Waals surface area contributed by atoms with Gasteiger partial charge in [-0.3, -0.25) is 4.79 Å². The van der Waals surface area contributed by atoms with E-state index in [9.17, 15) is 4.79 Å². The third-order valence-electron chi connectivity index (χ3n) is 4.54. The molecule has 1 N–H and O–H groups in total. The lowest BCUT2D eigenvalue weighted by Crippen LogP contribution is -2.38. The second kappa shape index (κ2) is 5.70. The maximum Gasteiger partial charge on any atom is 0.251 e. The van der Waals surface area contributed by atoms with E-state index >= 15 is 0 Å². The molecule has 3 rings (SSSR count). The molecule has 0 aromatic heterocycles. The van der Waals surface area contributed by atoms with Crippen LogP contribution in [0.2, 0.25) is 0 Å². The SMILES string of the molecule is C=CCOc1ccc(C(=O)N[C@@H]2C[C@H]3CC[C@@H]2C3)cc1. The van der Waals surface area contributed by atoms with Crippen molar-refractivity contribution in [2.75, 3.05) is 6.61 Å². The van der Waals surface area contributed by atoms with Crippen LogP contribution in [0.3, 0.4) is 0 Å². The molecular formula is C17H21NO2. The van der Waals surface area contributed by atoms with Crippen LogP contribution in [0, 0.1) is 11.8 Å². The molecule has 0 radical (unpaired) electrons. The highest BCUT2D eigenvalue weighted by atomic mass is 16.5. The first-order valence-electron chi connectivity index (χ1n) is 7.41. The van der Waals surface area contributed by atoms with Crippen LogP contribution in [0.15, 0.2) is 36.9 Å². The Morgan fingerprint density at radius 2 is 2.10 bits per heavy atom. The summed E-state index contributed by atoms with van der Waals surface area (Å²) in [5, 5.41) is 3.19. The second-order valence-electron chi connectivity index (χ2n) is 5.88. The Hall–Kier alpha value is -1.77. The molecule has 0 spiro atoms. The Kier molecular flexibility index (Phi) is 3.77. The number of nitrogens with one attached hydrogen (secondary N) is 1. The molecule has 2 aliphatic rings. The first kappa shape index (κ1) is 13.2. The van der Waals surface area contributed by atoms with Gasteiger partial charge in [-0.1, -0.05) is 19.1 Å². The highest BCUT2D eigenvalue weighted by Crippen LogP contribution is 2.44. The third-order valence-corrected chi connectivity index (χ3v) is 4.54. The zero-order valence-electron chi connectivity index (χ0n) is 11.7.